The molecule has 0 saturated carbocycles. The van der Waals surface area contributed by atoms with Crippen LogP contribution in [0.5, 0.6) is 0 Å². The molecule has 88 valence electrons. The molecule has 0 aliphatic heterocycles. The smallest absolute Gasteiger partial charge is 0.235 e. The highest BCUT2D eigenvalue weighted by Crippen LogP contribution is 2.13. The van der Waals surface area contributed by atoms with Crippen molar-refractivity contribution in [2.75, 3.05) is 0 Å². The maximum Gasteiger partial charge on any atom is 0.235 e. The van der Waals surface area contributed by atoms with E-state index >= 15 is 0 Å². The van der Waals surface area contributed by atoms with Crippen molar-refractivity contribution in [3.05, 3.63) is 70.5 Å². The van der Waals surface area contributed by atoms with Crippen molar-refractivity contribution in [2.24, 2.45) is 0 Å². The Morgan fingerprint density at radius 2 is 1.83 bits per heavy atom. The summed E-state index contributed by atoms with van der Waals surface area (Å²) in [4.78, 5) is 24.2. The quantitative estimate of drug-likeness (QED) is 0.646. The molecule has 2 heterocycles. The largest absolute Gasteiger partial charge is 0.463 e. The molecule has 0 fully saturated rings. The van der Waals surface area contributed by atoms with Crippen molar-refractivity contribution in [3.8, 4) is 0 Å². The predicted octanol–water partition coefficient (Wildman–Crippen LogP) is 2.62. The molecule has 0 radical (unpaired) electrons. The number of benzene rings is 1. The second-order valence-electron chi connectivity index (χ2n) is 3.78. The Balaban J connectivity index is 2.22. The first-order chi connectivity index (χ1) is 8.77. The Bertz CT molecular complexity index is 766. The minimum absolute atomic E-state index is 0.0244. The lowest BCUT2D eigenvalue weighted by Gasteiger charge is -1.99. The molecule has 0 bridgehead atoms. The second-order valence-corrected chi connectivity index (χ2v) is 3.78. The SMILES string of the molecule is O=C(c1ccco1)c1coc2ccccc2c1=O. The first-order valence-corrected chi connectivity index (χ1v) is 5.36. The monoisotopic (exact) mass is 240 g/mol. The van der Waals surface area contributed by atoms with Crippen molar-refractivity contribution in [3.63, 3.8) is 0 Å². The highest BCUT2D eigenvalue weighted by atomic mass is 16.3. The number of fused-ring (bicyclic) bond motifs is 1. The van der Waals surface area contributed by atoms with Gasteiger partial charge in [0, 0.05) is 0 Å². The van der Waals surface area contributed by atoms with E-state index < -0.39 is 5.78 Å². The molecule has 3 aromatic rings. The van der Waals surface area contributed by atoms with Gasteiger partial charge in [0.05, 0.1) is 11.6 Å². The van der Waals surface area contributed by atoms with E-state index in [4.69, 9.17) is 8.83 Å². The highest BCUT2D eigenvalue weighted by molar-refractivity contribution is 6.07. The normalized spacial score (nSPS) is 10.7. The van der Waals surface area contributed by atoms with E-state index in [0.717, 1.165) is 0 Å². The van der Waals surface area contributed by atoms with Crippen molar-refractivity contribution in [1.29, 1.82) is 0 Å². The van der Waals surface area contributed by atoms with E-state index in [9.17, 15) is 9.59 Å². The average molecular weight is 240 g/mol. The molecule has 0 aliphatic carbocycles. The van der Waals surface area contributed by atoms with Gasteiger partial charge < -0.3 is 8.83 Å². The number of furan rings is 1. The minimum Gasteiger partial charge on any atom is -0.463 e. The van der Waals surface area contributed by atoms with E-state index in [0.29, 0.717) is 11.0 Å². The van der Waals surface area contributed by atoms with E-state index in [2.05, 4.69) is 0 Å². The average Bonchev–Trinajstić information content (AvgIpc) is 2.93. The fourth-order valence-electron chi connectivity index (χ4n) is 1.78. The molecule has 0 spiro atoms. The third-order valence-corrected chi connectivity index (χ3v) is 2.67. The van der Waals surface area contributed by atoms with Gasteiger partial charge in [-0.15, -0.1) is 0 Å². The number of hydrogen-bond acceptors (Lipinski definition) is 4. The zero-order chi connectivity index (χ0) is 12.5. The van der Waals surface area contributed by atoms with Crippen LogP contribution < -0.4 is 5.43 Å². The summed E-state index contributed by atoms with van der Waals surface area (Å²) < 4.78 is 10.3. The zero-order valence-corrected chi connectivity index (χ0v) is 9.25. The van der Waals surface area contributed by atoms with Gasteiger partial charge in [-0.05, 0) is 24.3 Å². The molecule has 4 heteroatoms. The third-order valence-electron chi connectivity index (χ3n) is 2.67. The van der Waals surface area contributed by atoms with Gasteiger partial charge in [0.15, 0.2) is 5.76 Å². The van der Waals surface area contributed by atoms with E-state index in [1.165, 1.54) is 18.6 Å². The molecule has 3 rings (SSSR count). The first-order valence-electron chi connectivity index (χ1n) is 5.36. The molecular formula is C14H8O4. The van der Waals surface area contributed by atoms with Crippen LogP contribution in [-0.4, -0.2) is 5.78 Å². The number of para-hydroxylation sites is 1. The van der Waals surface area contributed by atoms with Crippen LogP contribution in [0, 0.1) is 0 Å². The summed E-state index contributed by atoms with van der Waals surface area (Å²) in [5.41, 5.74) is 0.0837. The molecule has 0 aliphatic rings. The molecule has 4 nitrogen and oxygen atoms in total. The van der Waals surface area contributed by atoms with Gasteiger partial charge in [-0.1, -0.05) is 12.1 Å². The van der Waals surface area contributed by atoms with Crippen molar-refractivity contribution in [1.82, 2.24) is 0 Å². The van der Waals surface area contributed by atoms with Gasteiger partial charge in [-0.25, -0.2) is 0 Å². The van der Waals surface area contributed by atoms with Crippen LogP contribution in [-0.2, 0) is 0 Å². The summed E-state index contributed by atoms with van der Waals surface area (Å²) in [6.07, 6.45) is 2.56. The summed E-state index contributed by atoms with van der Waals surface area (Å²) in [6.45, 7) is 0. The number of carbonyl (C=O) groups is 1. The van der Waals surface area contributed by atoms with Crippen LogP contribution >= 0.6 is 0 Å². The summed E-state index contributed by atoms with van der Waals surface area (Å²) in [6, 6.07) is 9.89. The Morgan fingerprint density at radius 1 is 1.00 bits per heavy atom. The van der Waals surface area contributed by atoms with Crippen LogP contribution in [0.25, 0.3) is 11.0 Å². The van der Waals surface area contributed by atoms with Crippen molar-refractivity contribution in [2.45, 2.75) is 0 Å². The van der Waals surface area contributed by atoms with Crippen molar-refractivity contribution >= 4 is 16.8 Å². The maximum absolute atomic E-state index is 12.1. The molecule has 0 atom stereocenters. The molecule has 1 aromatic carbocycles. The standard InChI is InChI=1S/C14H8O4/c15-13-9-4-1-2-5-11(9)18-8-10(13)14(16)12-6-3-7-17-12/h1-8H. The van der Waals surface area contributed by atoms with E-state index in [-0.39, 0.29) is 16.8 Å². The van der Waals surface area contributed by atoms with Crippen LogP contribution in [0.2, 0.25) is 0 Å². The molecule has 0 saturated heterocycles. The van der Waals surface area contributed by atoms with Crippen molar-refractivity contribution < 1.29 is 13.6 Å². The first kappa shape index (κ1) is 10.5. The number of hydrogen-bond donors (Lipinski definition) is 0. The summed E-state index contributed by atoms with van der Waals surface area (Å²) in [5, 5.41) is 0.384. The Labute approximate surface area is 101 Å². The lowest BCUT2D eigenvalue weighted by Crippen LogP contribution is -2.15. The van der Waals surface area contributed by atoms with Gasteiger partial charge in [-0.2, -0.15) is 0 Å². The number of carbonyl (C=O) groups excluding carboxylic acids is 1. The molecule has 0 unspecified atom stereocenters. The molecular weight excluding hydrogens is 232 g/mol. The van der Waals surface area contributed by atoms with E-state index in [1.54, 1.807) is 30.3 Å². The molecule has 0 amide bonds. The number of rotatable bonds is 2. The van der Waals surface area contributed by atoms with Gasteiger partial charge in [0.2, 0.25) is 11.2 Å². The fraction of sp³-hybridized carbons (Fsp3) is 0. The predicted molar refractivity (Wildman–Crippen MR) is 64.6 cm³/mol. The van der Waals surface area contributed by atoms with Crippen LogP contribution in [0.3, 0.4) is 0 Å². The molecule has 0 N–H and O–H groups in total. The lowest BCUT2D eigenvalue weighted by atomic mass is 10.1. The van der Waals surface area contributed by atoms with Gasteiger partial charge >= 0.3 is 0 Å². The topological polar surface area (TPSA) is 60.4 Å². The van der Waals surface area contributed by atoms with Gasteiger partial charge in [-0.3, -0.25) is 9.59 Å². The maximum atomic E-state index is 12.1. The van der Waals surface area contributed by atoms with Crippen LogP contribution in [0.1, 0.15) is 16.1 Å². The van der Waals surface area contributed by atoms with E-state index in [1.807, 2.05) is 0 Å². The van der Waals surface area contributed by atoms with Gasteiger partial charge in [0.1, 0.15) is 17.4 Å². The second kappa shape index (κ2) is 4.00. The Hall–Kier alpha value is -2.62. The fourth-order valence-corrected chi connectivity index (χ4v) is 1.78. The Kier molecular flexibility index (Phi) is 2.34. The minimum atomic E-state index is -0.473. The Morgan fingerprint density at radius 3 is 2.61 bits per heavy atom. The third kappa shape index (κ3) is 1.55. The van der Waals surface area contributed by atoms with Crippen LogP contribution in [0.15, 0.2) is 62.6 Å². The van der Waals surface area contributed by atoms with Crippen LogP contribution in [0.4, 0.5) is 0 Å². The summed E-state index contributed by atoms with van der Waals surface area (Å²) in [7, 11) is 0. The molecule has 2 aromatic heterocycles. The summed E-state index contributed by atoms with van der Waals surface area (Å²) in [5.74, 6) is -0.350. The lowest BCUT2D eigenvalue weighted by molar-refractivity contribution is 0.101. The zero-order valence-electron chi connectivity index (χ0n) is 9.25. The summed E-state index contributed by atoms with van der Waals surface area (Å²) >= 11 is 0. The highest BCUT2D eigenvalue weighted by Gasteiger charge is 2.17. The number of ketones is 1. The van der Waals surface area contributed by atoms with Gasteiger partial charge in [0.25, 0.3) is 0 Å². The molecule has 18 heavy (non-hydrogen) atoms.